The predicted molar refractivity (Wildman–Crippen MR) is 124 cm³/mol. The van der Waals surface area contributed by atoms with E-state index in [0.717, 1.165) is 40.3 Å². The van der Waals surface area contributed by atoms with Crippen molar-refractivity contribution in [1.29, 1.82) is 0 Å². The Hall–Kier alpha value is -3.92. The monoisotopic (exact) mass is 412 g/mol. The van der Waals surface area contributed by atoms with Gasteiger partial charge in [0, 0.05) is 13.0 Å². The number of rotatable bonds is 7. The van der Waals surface area contributed by atoms with Crippen molar-refractivity contribution in [3.05, 3.63) is 107 Å². The van der Waals surface area contributed by atoms with Gasteiger partial charge in [0.25, 0.3) is 0 Å². The summed E-state index contributed by atoms with van der Waals surface area (Å²) >= 11 is 0. The Labute approximate surface area is 182 Å². The first-order valence-electron chi connectivity index (χ1n) is 10.1. The van der Waals surface area contributed by atoms with Crippen molar-refractivity contribution < 1.29 is 19.4 Å². The van der Waals surface area contributed by atoms with Crippen LogP contribution in [-0.4, -0.2) is 17.0 Å². The van der Waals surface area contributed by atoms with Crippen LogP contribution >= 0.6 is 0 Å². The highest BCUT2D eigenvalue weighted by Crippen LogP contribution is 2.35. The molecule has 0 bridgehead atoms. The fourth-order valence-electron chi connectivity index (χ4n) is 3.46. The van der Waals surface area contributed by atoms with Gasteiger partial charge in [0.15, 0.2) is 0 Å². The molecular weight excluding hydrogens is 388 g/mol. The Bertz CT molecular complexity index is 1110. The van der Waals surface area contributed by atoms with Crippen molar-refractivity contribution in [2.24, 2.45) is 0 Å². The van der Waals surface area contributed by atoms with Gasteiger partial charge < -0.3 is 9.84 Å². The molecule has 3 aromatic rings. The molecule has 0 unspecified atom stereocenters. The number of aliphatic carboxylic acids is 1. The van der Waals surface area contributed by atoms with E-state index in [1.807, 2.05) is 54.6 Å². The number of allylic oxidation sites excluding steroid dienone is 1. The third kappa shape index (κ3) is 5.80. The first kappa shape index (κ1) is 21.8. The minimum absolute atomic E-state index is 0.355. The molecule has 0 aromatic heterocycles. The van der Waals surface area contributed by atoms with Crippen LogP contribution in [0, 0.1) is 0 Å². The van der Waals surface area contributed by atoms with Crippen LogP contribution in [-0.2, 0) is 9.59 Å². The summed E-state index contributed by atoms with van der Waals surface area (Å²) in [5.74, 6) is -0.829. The summed E-state index contributed by atoms with van der Waals surface area (Å²) in [7, 11) is 0. The van der Waals surface area contributed by atoms with Gasteiger partial charge in [0.1, 0.15) is 5.75 Å². The maximum atomic E-state index is 11.2. The first-order valence-corrected chi connectivity index (χ1v) is 10.1. The van der Waals surface area contributed by atoms with Gasteiger partial charge in [-0.3, -0.25) is 4.79 Å². The van der Waals surface area contributed by atoms with E-state index in [4.69, 9.17) is 9.84 Å². The van der Waals surface area contributed by atoms with Crippen molar-refractivity contribution in [2.75, 3.05) is 0 Å². The van der Waals surface area contributed by atoms with Gasteiger partial charge in [-0.15, -0.1) is 0 Å². The van der Waals surface area contributed by atoms with Crippen LogP contribution < -0.4 is 4.74 Å². The van der Waals surface area contributed by atoms with Gasteiger partial charge in [0.05, 0.1) is 0 Å². The van der Waals surface area contributed by atoms with Gasteiger partial charge in [-0.25, -0.2) is 4.79 Å². The van der Waals surface area contributed by atoms with Crippen molar-refractivity contribution in [1.82, 2.24) is 0 Å². The number of hydrogen-bond donors (Lipinski definition) is 1. The standard InChI is InChI=1S/C27H24O4/c1-3-25(21-7-5-4-6-8-21)27(23-14-16-24(17-15-23)31-19(2)28)22-12-9-20(10-13-22)11-18-26(29)30/h4-18H,3H2,1-2H3,(H,29,30)/b18-11+,27-25-. The van der Waals surface area contributed by atoms with E-state index in [2.05, 4.69) is 19.1 Å². The summed E-state index contributed by atoms with van der Waals surface area (Å²) in [6.07, 6.45) is 3.52. The molecule has 0 saturated carbocycles. The minimum Gasteiger partial charge on any atom is -0.478 e. The Kier molecular flexibility index (Phi) is 7.17. The van der Waals surface area contributed by atoms with Gasteiger partial charge >= 0.3 is 11.9 Å². The molecule has 0 radical (unpaired) electrons. The highest BCUT2D eigenvalue weighted by atomic mass is 16.5. The molecule has 4 nitrogen and oxygen atoms in total. The average molecular weight is 412 g/mol. The number of carboxylic acid groups (broad SMARTS) is 1. The van der Waals surface area contributed by atoms with E-state index in [-0.39, 0.29) is 5.97 Å². The van der Waals surface area contributed by atoms with Gasteiger partial charge in [0.2, 0.25) is 0 Å². The highest BCUT2D eigenvalue weighted by Gasteiger charge is 2.13. The molecule has 31 heavy (non-hydrogen) atoms. The zero-order valence-corrected chi connectivity index (χ0v) is 17.5. The molecule has 1 N–H and O–H groups in total. The Morgan fingerprint density at radius 3 is 1.94 bits per heavy atom. The second-order valence-corrected chi connectivity index (χ2v) is 6.98. The van der Waals surface area contributed by atoms with Gasteiger partial charge in [-0.2, -0.15) is 0 Å². The minimum atomic E-state index is -0.977. The van der Waals surface area contributed by atoms with Crippen LogP contribution in [0.15, 0.2) is 84.9 Å². The summed E-state index contributed by atoms with van der Waals surface area (Å²) in [4.78, 5) is 22.0. The van der Waals surface area contributed by atoms with Gasteiger partial charge in [-0.1, -0.05) is 73.7 Å². The van der Waals surface area contributed by atoms with Crippen LogP contribution in [0.1, 0.15) is 42.5 Å². The van der Waals surface area contributed by atoms with Crippen LogP contribution in [0.2, 0.25) is 0 Å². The lowest BCUT2D eigenvalue weighted by atomic mass is 9.88. The largest absolute Gasteiger partial charge is 0.478 e. The predicted octanol–water partition coefficient (Wildman–Crippen LogP) is 6.08. The summed E-state index contributed by atoms with van der Waals surface area (Å²) in [5.41, 5.74) is 6.25. The lowest BCUT2D eigenvalue weighted by Gasteiger charge is -2.17. The SMILES string of the molecule is CC/C(=C(\c1ccc(/C=C/C(=O)O)cc1)c1ccc(OC(C)=O)cc1)c1ccccc1. The third-order valence-electron chi connectivity index (χ3n) is 4.80. The van der Waals surface area contributed by atoms with Crippen molar-refractivity contribution >= 4 is 29.2 Å². The molecular formula is C27H24O4. The summed E-state index contributed by atoms with van der Waals surface area (Å²) < 4.78 is 5.18. The molecule has 156 valence electrons. The zero-order valence-electron chi connectivity index (χ0n) is 17.5. The number of benzene rings is 3. The molecule has 0 fully saturated rings. The number of esters is 1. The molecule has 0 aliphatic carbocycles. The van der Waals surface area contributed by atoms with E-state index in [1.54, 1.807) is 18.2 Å². The number of hydrogen-bond acceptors (Lipinski definition) is 3. The fraction of sp³-hybridized carbons (Fsp3) is 0.111. The third-order valence-corrected chi connectivity index (χ3v) is 4.80. The van der Waals surface area contributed by atoms with Crippen LogP contribution in [0.3, 0.4) is 0 Å². The Balaban J connectivity index is 2.12. The quantitative estimate of drug-likeness (QED) is 0.221. The Morgan fingerprint density at radius 1 is 0.839 bits per heavy atom. The molecule has 3 rings (SSSR count). The number of carbonyl (C=O) groups is 2. The molecule has 0 heterocycles. The number of carbonyl (C=O) groups excluding carboxylic acids is 1. The summed E-state index contributed by atoms with van der Waals surface area (Å²) in [5, 5.41) is 8.85. The smallest absolute Gasteiger partial charge is 0.328 e. The molecule has 3 aromatic carbocycles. The maximum Gasteiger partial charge on any atom is 0.328 e. The van der Waals surface area contributed by atoms with Gasteiger partial charge in [-0.05, 0) is 58.0 Å². The molecule has 0 atom stereocenters. The molecule has 0 spiro atoms. The maximum absolute atomic E-state index is 11.2. The van der Waals surface area contributed by atoms with E-state index < -0.39 is 5.97 Å². The van der Waals surface area contributed by atoms with Crippen molar-refractivity contribution in [3.8, 4) is 5.75 Å². The van der Waals surface area contributed by atoms with Crippen LogP contribution in [0.5, 0.6) is 5.75 Å². The van der Waals surface area contributed by atoms with E-state index in [9.17, 15) is 9.59 Å². The second kappa shape index (κ2) is 10.2. The topological polar surface area (TPSA) is 63.6 Å². The van der Waals surface area contributed by atoms with Crippen molar-refractivity contribution in [2.45, 2.75) is 20.3 Å². The molecule has 0 saturated heterocycles. The first-order chi connectivity index (χ1) is 15.0. The zero-order chi connectivity index (χ0) is 22.2. The number of carboxylic acids is 1. The van der Waals surface area contributed by atoms with Crippen LogP contribution in [0.25, 0.3) is 17.2 Å². The van der Waals surface area contributed by atoms with Crippen LogP contribution in [0.4, 0.5) is 0 Å². The summed E-state index contributed by atoms with van der Waals surface area (Å²) in [6, 6.07) is 25.5. The van der Waals surface area contributed by atoms with E-state index in [0.29, 0.717) is 5.75 Å². The lowest BCUT2D eigenvalue weighted by Crippen LogP contribution is -2.01. The molecule has 0 aliphatic rings. The normalized spacial score (nSPS) is 11.8. The van der Waals surface area contributed by atoms with E-state index in [1.165, 1.54) is 12.5 Å². The molecule has 0 aliphatic heterocycles. The molecule has 4 heteroatoms. The van der Waals surface area contributed by atoms with Crippen molar-refractivity contribution in [3.63, 3.8) is 0 Å². The second-order valence-electron chi connectivity index (χ2n) is 6.98. The molecule has 0 amide bonds. The van der Waals surface area contributed by atoms with E-state index >= 15 is 0 Å². The lowest BCUT2D eigenvalue weighted by molar-refractivity contribution is -0.132. The number of ether oxygens (including phenoxy) is 1. The fourth-order valence-corrected chi connectivity index (χ4v) is 3.46. The Morgan fingerprint density at radius 2 is 1.42 bits per heavy atom. The summed E-state index contributed by atoms with van der Waals surface area (Å²) in [6.45, 7) is 3.50. The average Bonchev–Trinajstić information content (AvgIpc) is 2.77. The highest BCUT2D eigenvalue weighted by molar-refractivity contribution is 5.98.